The normalized spacial score (nSPS) is 30.8. The summed E-state index contributed by atoms with van der Waals surface area (Å²) in [5, 5.41) is 13.6. The number of carbonyl (C=O) groups excluding carboxylic acids is 1. The highest BCUT2D eigenvalue weighted by Crippen LogP contribution is 2.55. The molecule has 2 aromatic rings. The lowest BCUT2D eigenvalue weighted by Gasteiger charge is -2.56. The fraction of sp³-hybridized carbons (Fsp3) is 0.652. The van der Waals surface area contributed by atoms with Crippen molar-refractivity contribution in [2.24, 2.45) is 17.8 Å². The van der Waals surface area contributed by atoms with E-state index in [2.05, 4.69) is 14.9 Å². The number of amides is 1. The van der Waals surface area contributed by atoms with Crippen LogP contribution >= 0.6 is 0 Å². The van der Waals surface area contributed by atoms with Gasteiger partial charge in [0.15, 0.2) is 0 Å². The molecule has 0 spiro atoms. The SMILES string of the molecule is O=C(NC12CC3CC(CC(C3)C1)C2)c1cc2cnccc2n1CCCCCO. The van der Waals surface area contributed by atoms with Crippen LogP contribution in [0.4, 0.5) is 0 Å². The number of unbranched alkanes of at least 4 members (excludes halogenated alkanes) is 2. The summed E-state index contributed by atoms with van der Waals surface area (Å²) >= 11 is 0. The molecule has 1 amide bonds. The zero-order chi connectivity index (χ0) is 19.1. The minimum Gasteiger partial charge on any atom is -0.396 e. The van der Waals surface area contributed by atoms with Gasteiger partial charge in [-0.25, -0.2) is 0 Å². The molecule has 0 radical (unpaired) electrons. The number of rotatable bonds is 7. The summed E-state index contributed by atoms with van der Waals surface area (Å²) in [6, 6.07) is 4.01. The minimum absolute atomic E-state index is 0.0300. The predicted octanol–water partition coefficient (Wildman–Crippen LogP) is 3.90. The first kappa shape index (κ1) is 18.2. The summed E-state index contributed by atoms with van der Waals surface area (Å²) < 4.78 is 2.16. The molecule has 0 unspecified atom stereocenters. The molecule has 2 aromatic heterocycles. The summed E-state index contributed by atoms with van der Waals surface area (Å²) in [5.74, 6) is 2.54. The number of fused-ring (bicyclic) bond motifs is 1. The molecular formula is C23H31N3O2. The van der Waals surface area contributed by atoms with Crippen molar-refractivity contribution in [2.75, 3.05) is 6.61 Å². The third-order valence-corrected chi connectivity index (χ3v) is 7.39. The van der Waals surface area contributed by atoms with Crippen molar-refractivity contribution in [1.29, 1.82) is 0 Å². The molecule has 4 saturated carbocycles. The summed E-state index contributed by atoms with van der Waals surface area (Å²) in [6.45, 7) is 1.03. The number of hydrogen-bond donors (Lipinski definition) is 2. The molecule has 4 bridgehead atoms. The largest absolute Gasteiger partial charge is 0.396 e. The van der Waals surface area contributed by atoms with Crippen LogP contribution in [0.1, 0.15) is 68.3 Å². The van der Waals surface area contributed by atoms with Crippen LogP contribution in [0.15, 0.2) is 24.5 Å². The Morgan fingerprint density at radius 2 is 1.86 bits per heavy atom. The van der Waals surface area contributed by atoms with Crippen LogP contribution in [-0.2, 0) is 6.54 Å². The summed E-state index contributed by atoms with van der Waals surface area (Å²) in [7, 11) is 0. The Balaban J connectivity index is 1.40. The maximum absolute atomic E-state index is 13.4. The zero-order valence-electron chi connectivity index (χ0n) is 16.6. The lowest BCUT2D eigenvalue weighted by molar-refractivity contribution is -0.0168. The van der Waals surface area contributed by atoms with E-state index in [1.807, 2.05) is 18.3 Å². The Kier molecular flexibility index (Phi) is 4.66. The molecule has 4 aliphatic carbocycles. The second-order valence-electron chi connectivity index (χ2n) is 9.55. The monoisotopic (exact) mass is 381 g/mol. The highest BCUT2D eigenvalue weighted by molar-refractivity contribution is 5.99. The standard InChI is InChI=1S/C23H31N3O2/c27-7-3-1-2-6-26-20-4-5-24-15-19(20)11-21(26)22(28)25-23-12-16-8-17(13-23)10-18(9-16)14-23/h4-5,11,15-18,27H,1-3,6-10,12-14H2,(H,25,28). The van der Waals surface area contributed by atoms with Gasteiger partial charge < -0.3 is 15.0 Å². The molecule has 0 aromatic carbocycles. The molecule has 28 heavy (non-hydrogen) atoms. The molecule has 0 saturated heterocycles. The predicted molar refractivity (Wildman–Crippen MR) is 109 cm³/mol. The van der Waals surface area contributed by atoms with Crippen molar-refractivity contribution < 1.29 is 9.90 Å². The van der Waals surface area contributed by atoms with Crippen LogP contribution in [0.5, 0.6) is 0 Å². The van der Waals surface area contributed by atoms with Crippen molar-refractivity contribution in [2.45, 2.75) is 69.9 Å². The highest BCUT2D eigenvalue weighted by atomic mass is 16.2. The molecule has 150 valence electrons. The van der Waals surface area contributed by atoms with E-state index < -0.39 is 0 Å². The van der Waals surface area contributed by atoms with E-state index in [0.29, 0.717) is 0 Å². The second-order valence-corrected chi connectivity index (χ2v) is 9.55. The topological polar surface area (TPSA) is 67.2 Å². The molecule has 5 heteroatoms. The van der Waals surface area contributed by atoms with Crippen LogP contribution in [0, 0.1) is 17.8 Å². The summed E-state index contributed by atoms with van der Waals surface area (Å²) in [4.78, 5) is 17.7. The van der Waals surface area contributed by atoms with E-state index in [1.54, 1.807) is 6.20 Å². The average molecular weight is 382 g/mol. The quantitative estimate of drug-likeness (QED) is 0.715. The zero-order valence-corrected chi connectivity index (χ0v) is 16.6. The van der Waals surface area contributed by atoms with Gasteiger partial charge in [-0.05, 0) is 87.7 Å². The number of pyridine rings is 1. The smallest absolute Gasteiger partial charge is 0.268 e. The molecule has 5 nitrogen and oxygen atoms in total. The summed E-state index contributed by atoms with van der Waals surface area (Å²) in [6.07, 6.45) is 14.0. The van der Waals surface area contributed by atoms with Crippen LogP contribution < -0.4 is 5.32 Å². The van der Waals surface area contributed by atoms with Gasteiger partial charge in [-0.1, -0.05) is 0 Å². The van der Waals surface area contributed by atoms with Crippen LogP contribution in [0.2, 0.25) is 0 Å². The van der Waals surface area contributed by atoms with Crippen LogP contribution in [-0.4, -0.2) is 32.7 Å². The van der Waals surface area contributed by atoms with Gasteiger partial charge in [-0.15, -0.1) is 0 Å². The first-order valence-electron chi connectivity index (χ1n) is 11.0. The average Bonchev–Trinajstić information content (AvgIpc) is 3.03. The van der Waals surface area contributed by atoms with E-state index in [4.69, 9.17) is 5.11 Å². The number of aromatic nitrogens is 2. The first-order chi connectivity index (χ1) is 13.7. The number of carbonyl (C=O) groups is 1. The lowest BCUT2D eigenvalue weighted by atomic mass is 9.53. The Bertz CT molecular complexity index is 837. The van der Waals surface area contributed by atoms with E-state index in [9.17, 15) is 4.79 Å². The van der Waals surface area contributed by atoms with Crippen molar-refractivity contribution in [1.82, 2.24) is 14.9 Å². The third-order valence-electron chi connectivity index (χ3n) is 7.39. The maximum Gasteiger partial charge on any atom is 0.268 e. The third kappa shape index (κ3) is 3.24. The van der Waals surface area contributed by atoms with E-state index in [-0.39, 0.29) is 18.1 Å². The van der Waals surface area contributed by atoms with E-state index in [0.717, 1.165) is 60.2 Å². The second kappa shape index (κ2) is 7.18. The van der Waals surface area contributed by atoms with Gasteiger partial charge in [0.2, 0.25) is 0 Å². The molecule has 0 aliphatic heterocycles. The number of aliphatic hydroxyl groups excluding tert-OH is 1. The molecule has 2 N–H and O–H groups in total. The summed E-state index contributed by atoms with van der Waals surface area (Å²) in [5.41, 5.74) is 1.87. The van der Waals surface area contributed by atoms with Gasteiger partial charge in [0.25, 0.3) is 5.91 Å². The molecule has 2 heterocycles. The molecule has 6 rings (SSSR count). The number of aryl methyl sites for hydroxylation is 1. The van der Waals surface area contributed by atoms with E-state index in [1.165, 1.54) is 38.5 Å². The molecular weight excluding hydrogens is 350 g/mol. The van der Waals surface area contributed by atoms with Gasteiger partial charge >= 0.3 is 0 Å². The van der Waals surface area contributed by atoms with Crippen molar-refractivity contribution >= 4 is 16.8 Å². The van der Waals surface area contributed by atoms with Gasteiger partial charge in [-0.3, -0.25) is 9.78 Å². The van der Waals surface area contributed by atoms with Gasteiger partial charge in [0.05, 0.1) is 5.52 Å². The maximum atomic E-state index is 13.4. The van der Waals surface area contributed by atoms with Crippen molar-refractivity contribution in [3.05, 3.63) is 30.2 Å². The number of nitrogens with zero attached hydrogens (tertiary/aromatic N) is 2. The minimum atomic E-state index is 0.0300. The Hall–Kier alpha value is -1.88. The number of hydrogen-bond acceptors (Lipinski definition) is 3. The van der Waals surface area contributed by atoms with Crippen molar-refractivity contribution in [3.8, 4) is 0 Å². The Morgan fingerprint density at radius 3 is 2.54 bits per heavy atom. The Labute approximate surface area is 166 Å². The van der Waals surface area contributed by atoms with Gasteiger partial charge in [0, 0.05) is 36.5 Å². The lowest BCUT2D eigenvalue weighted by Crippen LogP contribution is -2.60. The van der Waals surface area contributed by atoms with Gasteiger partial charge in [0.1, 0.15) is 5.69 Å². The number of aliphatic hydroxyl groups is 1. The molecule has 4 fully saturated rings. The fourth-order valence-electron chi connectivity index (χ4n) is 6.67. The van der Waals surface area contributed by atoms with Crippen LogP contribution in [0.25, 0.3) is 10.9 Å². The number of nitrogens with one attached hydrogen (secondary N) is 1. The first-order valence-corrected chi connectivity index (χ1v) is 11.0. The van der Waals surface area contributed by atoms with Crippen molar-refractivity contribution in [3.63, 3.8) is 0 Å². The Morgan fingerprint density at radius 1 is 1.14 bits per heavy atom. The van der Waals surface area contributed by atoms with Crippen LogP contribution in [0.3, 0.4) is 0 Å². The molecule has 4 aliphatic rings. The molecule has 0 atom stereocenters. The van der Waals surface area contributed by atoms with Gasteiger partial charge in [-0.2, -0.15) is 0 Å². The highest BCUT2D eigenvalue weighted by Gasteiger charge is 2.51. The fourth-order valence-corrected chi connectivity index (χ4v) is 6.67. The van der Waals surface area contributed by atoms with E-state index >= 15 is 0 Å².